The minimum Gasteiger partial charge on any atom is -0.454 e. The molecule has 4 rings (SSSR count). The third-order valence-corrected chi connectivity index (χ3v) is 4.32. The van der Waals surface area contributed by atoms with Crippen LogP contribution in [0.25, 0.3) is 0 Å². The van der Waals surface area contributed by atoms with Crippen LogP contribution in [-0.4, -0.2) is 36.2 Å². The highest BCUT2D eigenvalue weighted by Gasteiger charge is 2.43. The second-order valence-corrected chi connectivity index (χ2v) is 5.59. The van der Waals surface area contributed by atoms with Crippen molar-refractivity contribution in [1.82, 2.24) is 10.2 Å². The van der Waals surface area contributed by atoms with E-state index < -0.39 is 0 Å². The number of nitrogens with zero attached hydrogens (tertiary/aromatic N) is 1. The van der Waals surface area contributed by atoms with Gasteiger partial charge in [-0.2, -0.15) is 0 Å². The van der Waals surface area contributed by atoms with Gasteiger partial charge in [0, 0.05) is 30.2 Å². The van der Waals surface area contributed by atoms with E-state index in [4.69, 9.17) is 21.1 Å². The van der Waals surface area contributed by atoms with Crippen molar-refractivity contribution in [1.29, 1.82) is 0 Å². The lowest BCUT2D eigenvalue weighted by Gasteiger charge is -2.26. The van der Waals surface area contributed by atoms with Gasteiger partial charge < -0.3 is 14.8 Å². The van der Waals surface area contributed by atoms with Gasteiger partial charge in [0.25, 0.3) is 0 Å². The fourth-order valence-corrected chi connectivity index (χ4v) is 3.27. The van der Waals surface area contributed by atoms with E-state index in [1.54, 1.807) is 6.07 Å². The van der Waals surface area contributed by atoms with E-state index in [2.05, 4.69) is 10.2 Å². The lowest BCUT2D eigenvalue weighted by Crippen LogP contribution is -2.47. The summed E-state index contributed by atoms with van der Waals surface area (Å²) in [6, 6.07) is 3.99. The van der Waals surface area contributed by atoms with Crippen LogP contribution in [0.2, 0.25) is 5.02 Å². The molecule has 1 aromatic carbocycles. The predicted molar refractivity (Wildman–Crippen MR) is 68.3 cm³/mol. The van der Waals surface area contributed by atoms with Crippen LogP contribution in [0.3, 0.4) is 0 Å². The summed E-state index contributed by atoms with van der Waals surface area (Å²) in [7, 11) is 0. The highest BCUT2D eigenvalue weighted by atomic mass is 35.5. The second-order valence-electron chi connectivity index (χ2n) is 5.18. The first-order valence-corrected chi connectivity index (χ1v) is 6.71. The van der Waals surface area contributed by atoms with Crippen molar-refractivity contribution in [3.8, 4) is 11.5 Å². The summed E-state index contributed by atoms with van der Waals surface area (Å²) in [6.45, 7) is 1.80. The molecule has 0 radical (unpaired) electrons. The van der Waals surface area contributed by atoms with Crippen LogP contribution in [0.15, 0.2) is 12.1 Å². The van der Waals surface area contributed by atoms with Gasteiger partial charge in [0.2, 0.25) is 12.7 Å². The lowest BCUT2D eigenvalue weighted by atomic mass is 10.1. The van der Waals surface area contributed by atoms with Crippen molar-refractivity contribution in [3.63, 3.8) is 0 Å². The van der Waals surface area contributed by atoms with Gasteiger partial charge in [0.15, 0.2) is 11.5 Å². The van der Waals surface area contributed by atoms with Gasteiger partial charge in [-0.05, 0) is 18.1 Å². The first kappa shape index (κ1) is 11.4. The number of carbonyl (C=O) groups is 1. The van der Waals surface area contributed by atoms with Crippen LogP contribution in [0, 0.1) is 0 Å². The molecule has 19 heavy (non-hydrogen) atoms. The van der Waals surface area contributed by atoms with Crippen molar-refractivity contribution in [2.24, 2.45) is 0 Å². The summed E-state index contributed by atoms with van der Waals surface area (Å²) in [5.74, 6) is 1.55. The van der Waals surface area contributed by atoms with Gasteiger partial charge in [0.1, 0.15) is 0 Å². The number of nitrogens with one attached hydrogen (secondary N) is 1. The molecule has 2 bridgehead atoms. The topological polar surface area (TPSA) is 50.8 Å². The van der Waals surface area contributed by atoms with Crippen molar-refractivity contribution >= 4 is 17.5 Å². The molecule has 1 amide bonds. The second kappa shape index (κ2) is 4.02. The molecule has 2 saturated heterocycles. The molecule has 0 saturated carbocycles. The van der Waals surface area contributed by atoms with Gasteiger partial charge in [-0.15, -0.1) is 0 Å². The van der Waals surface area contributed by atoms with E-state index in [0.29, 0.717) is 23.4 Å². The molecule has 100 valence electrons. The van der Waals surface area contributed by atoms with Crippen molar-refractivity contribution in [2.75, 3.05) is 13.3 Å². The Hall–Kier alpha value is -1.46. The number of halogens is 1. The zero-order chi connectivity index (χ0) is 13.0. The monoisotopic (exact) mass is 280 g/mol. The van der Waals surface area contributed by atoms with E-state index in [0.717, 1.165) is 24.3 Å². The number of hydrogen-bond acceptors (Lipinski definition) is 4. The molecular formula is C13H13ClN2O3. The Morgan fingerprint density at radius 1 is 1.37 bits per heavy atom. The minimum atomic E-state index is -0.00788. The molecular weight excluding hydrogens is 268 g/mol. The highest BCUT2D eigenvalue weighted by molar-refractivity contribution is 6.31. The number of fused-ring (bicyclic) bond motifs is 3. The maximum atomic E-state index is 11.7. The maximum absolute atomic E-state index is 11.7. The maximum Gasteiger partial charge on any atom is 0.237 e. The average molecular weight is 281 g/mol. The molecule has 3 aliphatic rings. The van der Waals surface area contributed by atoms with Crippen LogP contribution < -0.4 is 14.8 Å². The molecule has 2 fully saturated rings. The number of rotatable bonds is 2. The molecule has 0 aliphatic carbocycles. The van der Waals surface area contributed by atoms with Crippen LogP contribution >= 0.6 is 11.6 Å². The van der Waals surface area contributed by atoms with Crippen LogP contribution in [0.4, 0.5) is 0 Å². The van der Waals surface area contributed by atoms with Gasteiger partial charge in [-0.25, -0.2) is 0 Å². The lowest BCUT2D eigenvalue weighted by molar-refractivity contribution is -0.125. The van der Waals surface area contributed by atoms with Crippen LogP contribution in [0.1, 0.15) is 12.0 Å². The third kappa shape index (κ3) is 1.76. The summed E-state index contributed by atoms with van der Waals surface area (Å²) in [6.07, 6.45) is 0.904. The Kier molecular flexibility index (Phi) is 2.40. The first-order valence-electron chi connectivity index (χ1n) is 6.33. The molecule has 5 nitrogen and oxygen atoms in total. The number of amides is 1. The van der Waals surface area contributed by atoms with Gasteiger partial charge in [-0.1, -0.05) is 11.6 Å². The quantitative estimate of drug-likeness (QED) is 0.883. The zero-order valence-electron chi connectivity index (χ0n) is 10.2. The number of piperazine rings is 1. The summed E-state index contributed by atoms with van der Waals surface area (Å²) >= 11 is 6.26. The minimum absolute atomic E-state index is 0.00788. The van der Waals surface area contributed by atoms with Gasteiger partial charge in [0.05, 0.1) is 6.04 Å². The largest absolute Gasteiger partial charge is 0.454 e. The summed E-state index contributed by atoms with van der Waals surface area (Å²) in [5.41, 5.74) is 0.978. The molecule has 0 unspecified atom stereocenters. The molecule has 3 aliphatic heterocycles. The summed E-state index contributed by atoms with van der Waals surface area (Å²) in [4.78, 5) is 13.9. The molecule has 0 aromatic heterocycles. The normalized spacial score (nSPS) is 27.9. The number of hydrogen-bond donors (Lipinski definition) is 1. The number of likely N-dealkylation sites (tertiary alicyclic amines) is 1. The van der Waals surface area contributed by atoms with E-state index in [1.165, 1.54) is 0 Å². The first-order chi connectivity index (χ1) is 9.20. The Morgan fingerprint density at radius 2 is 2.16 bits per heavy atom. The fraction of sp³-hybridized carbons (Fsp3) is 0.462. The number of benzene rings is 1. The molecule has 2 atom stereocenters. The van der Waals surface area contributed by atoms with Crippen LogP contribution in [0.5, 0.6) is 11.5 Å². The summed E-state index contributed by atoms with van der Waals surface area (Å²) < 4.78 is 10.6. The molecule has 0 spiro atoms. The van der Waals surface area contributed by atoms with Crippen LogP contribution in [-0.2, 0) is 11.3 Å². The molecule has 6 heteroatoms. The highest BCUT2D eigenvalue weighted by Crippen LogP contribution is 2.38. The van der Waals surface area contributed by atoms with Gasteiger partial charge in [-0.3, -0.25) is 9.69 Å². The summed E-state index contributed by atoms with van der Waals surface area (Å²) in [5, 5.41) is 3.63. The number of ether oxygens (including phenoxy) is 2. The zero-order valence-corrected chi connectivity index (χ0v) is 10.9. The molecule has 1 aromatic rings. The SMILES string of the molecule is O=C1N[C@H]2C[C@@H]1N(Cc1cc3c(cc1Cl)OCO3)C2. The Morgan fingerprint density at radius 3 is 2.89 bits per heavy atom. The van der Waals surface area contributed by atoms with Crippen molar-refractivity contribution in [3.05, 3.63) is 22.7 Å². The fourth-order valence-electron chi connectivity index (χ4n) is 3.05. The smallest absolute Gasteiger partial charge is 0.237 e. The Bertz CT molecular complexity index is 563. The standard InChI is InChI=1S/C13H13ClN2O3/c14-9-3-12-11(18-6-19-12)1-7(9)4-16-5-8-2-10(16)13(17)15-8/h1,3,8,10H,2,4-6H2,(H,15,17)/t8-,10-/m0/s1. The van der Waals surface area contributed by atoms with Crippen molar-refractivity contribution < 1.29 is 14.3 Å². The molecule has 3 heterocycles. The number of carbonyl (C=O) groups excluding carboxylic acids is 1. The average Bonchev–Trinajstić information content (AvgIpc) is 3.04. The van der Waals surface area contributed by atoms with E-state index in [9.17, 15) is 4.79 Å². The Labute approximate surface area is 115 Å². The van der Waals surface area contributed by atoms with Gasteiger partial charge >= 0.3 is 0 Å². The van der Waals surface area contributed by atoms with Crippen molar-refractivity contribution in [2.45, 2.75) is 25.0 Å². The van der Waals surface area contributed by atoms with E-state index in [-0.39, 0.29) is 18.7 Å². The Balaban J connectivity index is 1.59. The predicted octanol–water partition coefficient (Wildman–Crippen LogP) is 1.14. The molecule has 1 N–H and O–H groups in total. The van der Waals surface area contributed by atoms with E-state index in [1.807, 2.05) is 6.07 Å². The third-order valence-electron chi connectivity index (χ3n) is 3.97. The van der Waals surface area contributed by atoms with E-state index >= 15 is 0 Å².